The first kappa shape index (κ1) is 26.8. The fraction of sp³-hybridized carbons (Fsp3) is 0.120. The second-order valence-corrected chi connectivity index (χ2v) is 10.1. The third kappa shape index (κ3) is 5.27. The van der Waals surface area contributed by atoms with Gasteiger partial charge in [-0.25, -0.2) is 18.5 Å². The average Bonchev–Trinajstić information content (AvgIpc) is 2.84. The molecule has 0 aliphatic rings. The Labute approximate surface area is 232 Å². The summed E-state index contributed by atoms with van der Waals surface area (Å²) in [4.78, 5) is 50.5. The summed E-state index contributed by atoms with van der Waals surface area (Å²) < 4.78 is 16.4. The van der Waals surface area contributed by atoms with E-state index in [1.165, 1.54) is 41.9 Å². The van der Waals surface area contributed by atoms with Crippen LogP contribution >= 0.6 is 45.8 Å². The average molecular weight is 656 g/mol. The van der Waals surface area contributed by atoms with Crippen LogP contribution in [0, 0.1) is 9.39 Å². The molecule has 4 rings (SSSR count). The van der Waals surface area contributed by atoms with Crippen LogP contribution in [-0.2, 0) is 18.3 Å². The zero-order valence-corrected chi connectivity index (χ0v) is 22.6. The monoisotopic (exact) mass is 655 g/mol. The molecule has 37 heavy (non-hydrogen) atoms. The summed E-state index contributed by atoms with van der Waals surface area (Å²) in [5.41, 5.74) is -0.388. The molecular weight excluding hydrogens is 639 g/mol. The highest BCUT2D eigenvalue weighted by atomic mass is 127. The molecule has 1 atom stereocenters. The highest BCUT2D eigenvalue weighted by Crippen LogP contribution is 2.24. The number of carbonyl (C=O) groups excluding carboxylic acids is 1. The van der Waals surface area contributed by atoms with Crippen LogP contribution in [0.15, 0.2) is 64.2 Å². The number of benzene rings is 3. The molecule has 0 aliphatic heterocycles. The van der Waals surface area contributed by atoms with Gasteiger partial charge in [-0.15, -0.1) is 0 Å². The lowest BCUT2D eigenvalue weighted by Gasteiger charge is -2.16. The molecule has 12 heteroatoms. The van der Waals surface area contributed by atoms with E-state index in [1.54, 1.807) is 40.8 Å². The van der Waals surface area contributed by atoms with Crippen LogP contribution in [0.25, 0.3) is 16.6 Å². The predicted molar refractivity (Wildman–Crippen MR) is 147 cm³/mol. The van der Waals surface area contributed by atoms with Crippen LogP contribution in [0.3, 0.4) is 0 Å². The normalized spacial score (nSPS) is 11.9. The lowest BCUT2D eigenvalue weighted by atomic mass is 10.0. The summed E-state index contributed by atoms with van der Waals surface area (Å²) in [5, 5.41) is 12.4. The number of nitrogens with zero attached hydrogens (tertiary/aromatic N) is 2. The molecule has 0 spiro atoms. The van der Waals surface area contributed by atoms with Crippen molar-refractivity contribution in [2.24, 2.45) is 7.05 Å². The quantitative estimate of drug-likeness (QED) is 0.303. The van der Waals surface area contributed by atoms with Crippen molar-refractivity contribution in [1.29, 1.82) is 0 Å². The van der Waals surface area contributed by atoms with E-state index < -0.39 is 35.0 Å². The second-order valence-electron chi connectivity index (χ2n) is 8.10. The van der Waals surface area contributed by atoms with Crippen molar-refractivity contribution >= 4 is 68.6 Å². The van der Waals surface area contributed by atoms with Crippen molar-refractivity contribution < 1.29 is 19.1 Å². The number of carbonyl (C=O) groups is 2. The molecule has 2 N–H and O–H groups in total. The number of carboxylic acid groups (broad SMARTS) is 1. The van der Waals surface area contributed by atoms with E-state index in [2.05, 4.69) is 5.32 Å². The minimum absolute atomic E-state index is 0.0338. The smallest absolute Gasteiger partial charge is 0.335 e. The SMILES string of the molecule is Cn1c(=O)n(-c2ccc(C[C@H](NC(=O)c3c(Cl)cccc3Cl)C(=O)O)cc2)c(=O)c2cc(I)c(F)cc21. The molecule has 0 aliphatic carbocycles. The number of fused-ring (bicyclic) bond motifs is 1. The fourth-order valence-corrected chi connectivity index (χ4v) is 4.87. The van der Waals surface area contributed by atoms with Gasteiger partial charge < -0.3 is 10.4 Å². The zero-order chi connectivity index (χ0) is 27.0. The zero-order valence-electron chi connectivity index (χ0n) is 19.0. The first-order chi connectivity index (χ1) is 17.5. The fourth-order valence-electron chi connectivity index (χ4n) is 3.84. The maximum absolute atomic E-state index is 14.0. The standard InChI is InChI=1S/C25H17Cl2FIN3O5/c1-31-20-11-17(28)18(29)10-14(20)23(34)32(25(31)37)13-7-5-12(6-8-13)9-19(24(35)36)30-22(33)21-15(26)3-2-4-16(21)27/h2-8,10-11,19H,9H2,1H3,(H,30,33)(H,35,36)/t19-/m0/s1. The van der Waals surface area contributed by atoms with E-state index >= 15 is 0 Å². The molecule has 0 saturated carbocycles. The molecule has 1 heterocycles. The van der Waals surface area contributed by atoms with Gasteiger partial charge in [0.1, 0.15) is 11.9 Å². The van der Waals surface area contributed by atoms with E-state index in [9.17, 15) is 28.7 Å². The molecule has 1 aromatic heterocycles. The summed E-state index contributed by atoms with van der Waals surface area (Å²) in [6.45, 7) is 0. The highest BCUT2D eigenvalue weighted by molar-refractivity contribution is 14.1. The van der Waals surface area contributed by atoms with E-state index in [1.807, 2.05) is 0 Å². The molecule has 190 valence electrons. The summed E-state index contributed by atoms with van der Waals surface area (Å²) in [5.74, 6) is -2.56. The van der Waals surface area contributed by atoms with E-state index in [4.69, 9.17) is 23.2 Å². The van der Waals surface area contributed by atoms with Gasteiger partial charge in [-0.2, -0.15) is 0 Å². The van der Waals surface area contributed by atoms with Crippen LogP contribution in [0.4, 0.5) is 4.39 Å². The van der Waals surface area contributed by atoms with Crippen molar-refractivity contribution in [3.8, 4) is 5.69 Å². The Morgan fingerprint density at radius 2 is 1.70 bits per heavy atom. The molecule has 1 amide bonds. The topological polar surface area (TPSA) is 110 Å². The largest absolute Gasteiger partial charge is 0.480 e. The Balaban J connectivity index is 1.64. The Morgan fingerprint density at radius 1 is 1.08 bits per heavy atom. The van der Waals surface area contributed by atoms with Gasteiger partial charge in [0.25, 0.3) is 11.5 Å². The molecule has 3 aromatic carbocycles. The first-order valence-electron chi connectivity index (χ1n) is 10.7. The number of aliphatic carboxylic acids is 1. The van der Waals surface area contributed by atoms with E-state index in [0.717, 1.165) is 10.6 Å². The first-order valence-corrected chi connectivity index (χ1v) is 12.5. The van der Waals surface area contributed by atoms with Crippen molar-refractivity contribution in [3.05, 3.63) is 106 Å². The maximum Gasteiger partial charge on any atom is 0.335 e. The van der Waals surface area contributed by atoms with Gasteiger partial charge in [0.05, 0.1) is 32.2 Å². The third-order valence-corrected chi connectivity index (χ3v) is 7.20. The summed E-state index contributed by atoms with van der Waals surface area (Å²) in [6, 6.07) is 11.8. The van der Waals surface area contributed by atoms with Gasteiger partial charge in [-0.05, 0) is 64.6 Å². The van der Waals surface area contributed by atoms with Crippen molar-refractivity contribution in [1.82, 2.24) is 14.5 Å². The number of aryl methyl sites for hydroxylation is 1. The van der Waals surface area contributed by atoms with Crippen LogP contribution in [0.2, 0.25) is 10.0 Å². The Bertz CT molecular complexity index is 1670. The molecular formula is C25H17Cl2FIN3O5. The minimum atomic E-state index is -1.31. The lowest BCUT2D eigenvalue weighted by Crippen LogP contribution is -2.42. The number of halogens is 4. The van der Waals surface area contributed by atoms with E-state index in [0.29, 0.717) is 5.56 Å². The Morgan fingerprint density at radius 3 is 2.30 bits per heavy atom. The minimum Gasteiger partial charge on any atom is -0.480 e. The van der Waals surface area contributed by atoms with Crippen LogP contribution in [0.1, 0.15) is 15.9 Å². The maximum atomic E-state index is 14.0. The summed E-state index contributed by atoms with van der Waals surface area (Å²) in [6.07, 6.45) is -0.0917. The number of carboxylic acids is 1. The number of amides is 1. The van der Waals surface area contributed by atoms with Gasteiger partial charge in [0.2, 0.25) is 0 Å². The molecule has 0 unspecified atom stereocenters. The van der Waals surface area contributed by atoms with Gasteiger partial charge >= 0.3 is 11.7 Å². The number of aromatic nitrogens is 2. The van der Waals surface area contributed by atoms with E-state index in [-0.39, 0.29) is 42.2 Å². The molecule has 8 nitrogen and oxygen atoms in total. The number of hydrogen-bond acceptors (Lipinski definition) is 4. The van der Waals surface area contributed by atoms with Gasteiger partial charge in [0.15, 0.2) is 0 Å². The molecule has 0 fully saturated rings. The predicted octanol–water partition coefficient (Wildman–Crippen LogP) is 4.17. The number of hydrogen-bond donors (Lipinski definition) is 2. The van der Waals surface area contributed by atoms with Gasteiger partial charge in [-0.3, -0.25) is 14.2 Å². The molecule has 0 radical (unpaired) electrons. The molecule has 0 saturated heterocycles. The molecule has 4 aromatic rings. The third-order valence-electron chi connectivity index (χ3n) is 5.74. The van der Waals surface area contributed by atoms with Crippen molar-refractivity contribution in [2.75, 3.05) is 0 Å². The lowest BCUT2D eigenvalue weighted by molar-refractivity contribution is -0.139. The van der Waals surface area contributed by atoms with Crippen molar-refractivity contribution in [2.45, 2.75) is 12.5 Å². The number of nitrogens with one attached hydrogen (secondary N) is 1. The number of rotatable bonds is 6. The van der Waals surface area contributed by atoms with Crippen LogP contribution in [0.5, 0.6) is 0 Å². The van der Waals surface area contributed by atoms with Gasteiger partial charge in [0, 0.05) is 17.0 Å². The van der Waals surface area contributed by atoms with Gasteiger partial charge in [-0.1, -0.05) is 41.4 Å². The Kier molecular flexibility index (Phi) is 7.72. The summed E-state index contributed by atoms with van der Waals surface area (Å²) in [7, 11) is 1.44. The van der Waals surface area contributed by atoms with Crippen molar-refractivity contribution in [3.63, 3.8) is 0 Å². The Hall–Kier alpha value is -3.22. The molecule has 0 bridgehead atoms. The highest BCUT2D eigenvalue weighted by Gasteiger charge is 2.24. The van der Waals surface area contributed by atoms with Crippen LogP contribution in [-0.4, -0.2) is 32.2 Å². The summed E-state index contributed by atoms with van der Waals surface area (Å²) >= 11 is 13.9. The van der Waals surface area contributed by atoms with Crippen LogP contribution < -0.4 is 16.6 Å². The second kappa shape index (κ2) is 10.6.